The summed E-state index contributed by atoms with van der Waals surface area (Å²) < 4.78 is 18.7. The van der Waals surface area contributed by atoms with Crippen LogP contribution < -0.4 is 10.5 Å². The third-order valence-corrected chi connectivity index (χ3v) is 3.26. The van der Waals surface area contributed by atoms with E-state index in [0.717, 1.165) is 16.8 Å². The summed E-state index contributed by atoms with van der Waals surface area (Å²) in [6, 6.07) is 12.1. The van der Waals surface area contributed by atoms with Gasteiger partial charge in [-0.15, -0.1) is 0 Å². The van der Waals surface area contributed by atoms with Gasteiger partial charge in [0.1, 0.15) is 11.6 Å². The topological polar surface area (TPSA) is 63.9 Å². The molecule has 3 N–H and O–H groups in total. The predicted octanol–water partition coefficient (Wildman–Crippen LogP) is 3.47. The summed E-state index contributed by atoms with van der Waals surface area (Å²) >= 11 is 0. The first kappa shape index (κ1) is 13.2. The van der Waals surface area contributed by atoms with Gasteiger partial charge in [0.15, 0.2) is 5.95 Å². The Morgan fingerprint density at radius 3 is 2.43 bits per heavy atom. The molecule has 0 fully saturated rings. The van der Waals surface area contributed by atoms with Crippen LogP contribution in [-0.4, -0.2) is 17.1 Å². The number of hydrogen-bond donors (Lipinski definition) is 2. The number of rotatable bonds is 3. The first-order chi connectivity index (χ1) is 10.2. The molecule has 106 valence electrons. The minimum absolute atomic E-state index is 0.295. The van der Waals surface area contributed by atoms with E-state index in [2.05, 4.69) is 9.97 Å². The molecule has 0 radical (unpaired) electrons. The van der Waals surface area contributed by atoms with Crippen molar-refractivity contribution in [2.24, 2.45) is 0 Å². The molecule has 21 heavy (non-hydrogen) atoms. The van der Waals surface area contributed by atoms with E-state index in [-0.39, 0.29) is 5.82 Å². The van der Waals surface area contributed by atoms with Crippen LogP contribution in [0, 0.1) is 5.82 Å². The van der Waals surface area contributed by atoms with Crippen molar-refractivity contribution in [1.82, 2.24) is 9.97 Å². The minimum atomic E-state index is -0.295. The second kappa shape index (κ2) is 5.28. The third-order valence-electron chi connectivity index (χ3n) is 3.26. The zero-order chi connectivity index (χ0) is 14.8. The van der Waals surface area contributed by atoms with Gasteiger partial charge in [-0.2, -0.15) is 0 Å². The summed E-state index contributed by atoms with van der Waals surface area (Å²) in [5.74, 6) is 0.715. The number of hydrogen-bond acceptors (Lipinski definition) is 3. The Morgan fingerprint density at radius 2 is 1.81 bits per heavy atom. The molecule has 3 rings (SSSR count). The fourth-order valence-corrected chi connectivity index (χ4v) is 2.22. The number of imidazole rings is 1. The van der Waals surface area contributed by atoms with Crippen LogP contribution in [0.5, 0.6) is 5.75 Å². The molecular weight excluding hydrogens is 269 g/mol. The Morgan fingerprint density at radius 1 is 1.10 bits per heavy atom. The van der Waals surface area contributed by atoms with E-state index in [1.165, 1.54) is 12.1 Å². The molecule has 0 unspecified atom stereocenters. The lowest BCUT2D eigenvalue weighted by Gasteiger charge is -2.09. The molecule has 0 atom stereocenters. The molecule has 0 aliphatic rings. The van der Waals surface area contributed by atoms with Crippen LogP contribution in [0.2, 0.25) is 0 Å². The van der Waals surface area contributed by atoms with Crippen LogP contribution in [0.3, 0.4) is 0 Å². The number of methoxy groups -OCH3 is 1. The van der Waals surface area contributed by atoms with E-state index in [1.54, 1.807) is 19.4 Å². The average molecular weight is 283 g/mol. The number of aromatic nitrogens is 2. The number of benzene rings is 2. The quantitative estimate of drug-likeness (QED) is 0.773. The number of ether oxygens (including phenoxy) is 1. The van der Waals surface area contributed by atoms with Gasteiger partial charge in [0.25, 0.3) is 0 Å². The molecule has 2 aromatic carbocycles. The number of nitrogens with two attached hydrogens (primary N) is 1. The highest BCUT2D eigenvalue weighted by Crippen LogP contribution is 2.31. The van der Waals surface area contributed by atoms with E-state index < -0.39 is 0 Å². The Hall–Kier alpha value is -2.82. The normalized spacial score (nSPS) is 10.6. The van der Waals surface area contributed by atoms with Crippen molar-refractivity contribution in [2.75, 3.05) is 12.8 Å². The van der Waals surface area contributed by atoms with Crippen molar-refractivity contribution in [3.05, 3.63) is 54.5 Å². The van der Waals surface area contributed by atoms with Crippen LogP contribution in [-0.2, 0) is 0 Å². The molecule has 4 nitrogen and oxygen atoms in total. The minimum Gasteiger partial charge on any atom is -0.496 e. The standard InChI is InChI=1S/C16H14FN3O/c1-21-15-7-6-12(17)8-13(15)10-2-4-11(5-3-10)14-9-19-16(18)20-14/h2-9H,1H3,(H3,18,19,20). The number of aromatic amines is 1. The van der Waals surface area contributed by atoms with Crippen molar-refractivity contribution in [3.8, 4) is 28.1 Å². The molecular formula is C16H14FN3O. The predicted molar refractivity (Wildman–Crippen MR) is 80.4 cm³/mol. The van der Waals surface area contributed by atoms with Crippen molar-refractivity contribution in [2.45, 2.75) is 0 Å². The van der Waals surface area contributed by atoms with Gasteiger partial charge < -0.3 is 15.5 Å². The zero-order valence-corrected chi connectivity index (χ0v) is 11.4. The molecule has 5 heteroatoms. The maximum Gasteiger partial charge on any atom is 0.197 e. The molecule has 1 aromatic heterocycles. The number of nitrogens with one attached hydrogen (secondary N) is 1. The van der Waals surface area contributed by atoms with Gasteiger partial charge in [0.2, 0.25) is 0 Å². The van der Waals surface area contributed by atoms with Crippen LogP contribution in [0.1, 0.15) is 0 Å². The lowest BCUT2D eigenvalue weighted by molar-refractivity contribution is 0.415. The van der Waals surface area contributed by atoms with Gasteiger partial charge in [-0.3, -0.25) is 0 Å². The number of halogens is 1. The van der Waals surface area contributed by atoms with Gasteiger partial charge in [-0.25, -0.2) is 9.37 Å². The average Bonchev–Trinajstić information content (AvgIpc) is 2.94. The molecule has 1 heterocycles. The van der Waals surface area contributed by atoms with Crippen LogP contribution in [0.15, 0.2) is 48.7 Å². The lowest BCUT2D eigenvalue weighted by atomic mass is 10.0. The molecule has 0 aliphatic heterocycles. The first-order valence-electron chi connectivity index (χ1n) is 6.42. The summed E-state index contributed by atoms with van der Waals surface area (Å²) in [6.45, 7) is 0. The highest BCUT2D eigenvalue weighted by Gasteiger charge is 2.08. The summed E-state index contributed by atoms with van der Waals surface area (Å²) in [7, 11) is 1.57. The molecule has 0 aliphatic carbocycles. The maximum absolute atomic E-state index is 13.4. The van der Waals surface area contributed by atoms with Crippen LogP contribution in [0.25, 0.3) is 22.4 Å². The van der Waals surface area contributed by atoms with Gasteiger partial charge in [0, 0.05) is 5.56 Å². The highest BCUT2D eigenvalue weighted by molar-refractivity contribution is 5.73. The van der Waals surface area contributed by atoms with Crippen molar-refractivity contribution >= 4 is 5.95 Å². The first-order valence-corrected chi connectivity index (χ1v) is 6.42. The Bertz CT molecular complexity index is 765. The second-order valence-corrected chi connectivity index (χ2v) is 4.60. The fourth-order valence-electron chi connectivity index (χ4n) is 2.22. The zero-order valence-electron chi connectivity index (χ0n) is 11.4. The van der Waals surface area contributed by atoms with Crippen molar-refractivity contribution < 1.29 is 9.13 Å². The SMILES string of the molecule is COc1ccc(F)cc1-c1ccc(-c2cnc(N)[nH]2)cc1. The second-order valence-electron chi connectivity index (χ2n) is 4.60. The monoisotopic (exact) mass is 283 g/mol. The molecule has 0 saturated heterocycles. The number of H-pyrrole nitrogens is 1. The summed E-state index contributed by atoms with van der Waals surface area (Å²) in [5, 5.41) is 0. The summed E-state index contributed by atoms with van der Waals surface area (Å²) in [4.78, 5) is 6.93. The number of anilines is 1. The molecule has 0 saturated carbocycles. The van der Waals surface area contributed by atoms with E-state index >= 15 is 0 Å². The van der Waals surface area contributed by atoms with E-state index in [4.69, 9.17) is 10.5 Å². The molecule has 0 spiro atoms. The van der Waals surface area contributed by atoms with Gasteiger partial charge in [0.05, 0.1) is 19.0 Å². The fraction of sp³-hybridized carbons (Fsp3) is 0.0625. The largest absolute Gasteiger partial charge is 0.496 e. The summed E-state index contributed by atoms with van der Waals surface area (Å²) in [6.07, 6.45) is 1.67. The van der Waals surface area contributed by atoms with Crippen LogP contribution in [0.4, 0.5) is 10.3 Å². The number of nitrogen functional groups attached to an aromatic ring is 1. The van der Waals surface area contributed by atoms with Gasteiger partial charge >= 0.3 is 0 Å². The Balaban J connectivity index is 1.99. The third kappa shape index (κ3) is 2.58. The number of nitrogens with zero attached hydrogens (tertiary/aromatic N) is 1. The van der Waals surface area contributed by atoms with Gasteiger partial charge in [-0.1, -0.05) is 24.3 Å². The van der Waals surface area contributed by atoms with Crippen LogP contribution >= 0.6 is 0 Å². The van der Waals surface area contributed by atoms with Gasteiger partial charge in [-0.05, 0) is 29.3 Å². The maximum atomic E-state index is 13.4. The molecule has 0 bridgehead atoms. The smallest absolute Gasteiger partial charge is 0.197 e. The molecule has 0 amide bonds. The van der Waals surface area contributed by atoms with Crippen molar-refractivity contribution in [3.63, 3.8) is 0 Å². The molecule has 3 aromatic rings. The van der Waals surface area contributed by atoms with Crippen molar-refractivity contribution in [1.29, 1.82) is 0 Å². The highest BCUT2D eigenvalue weighted by atomic mass is 19.1. The summed E-state index contributed by atoms with van der Waals surface area (Å²) in [5.41, 5.74) is 8.95. The van der Waals surface area contributed by atoms with E-state index in [9.17, 15) is 4.39 Å². The van der Waals surface area contributed by atoms with E-state index in [0.29, 0.717) is 17.3 Å². The lowest BCUT2D eigenvalue weighted by Crippen LogP contribution is -1.89. The Kier molecular flexibility index (Phi) is 3.31. The van der Waals surface area contributed by atoms with E-state index in [1.807, 2.05) is 24.3 Å². The Labute approximate surface area is 121 Å².